The molecule has 4 nitrogen and oxygen atoms in total. The van der Waals surface area contributed by atoms with Gasteiger partial charge in [0.1, 0.15) is 6.04 Å². The van der Waals surface area contributed by atoms with E-state index in [1.165, 1.54) is 38.5 Å². The molecule has 0 aliphatic rings. The summed E-state index contributed by atoms with van der Waals surface area (Å²) in [6, 6.07) is -0.697. The molecule has 0 rings (SSSR count). The second kappa shape index (κ2) is 13.7. The lowest BCUT2D eigenvalue weighted by molar-refractivity contribution is -0.161. The maximum Gasteiger partial charge on any atom is 0.330 e. The van der Waals surface area contributed by atoms with Crippen molar-refractivity contribution in [3.8, 4) is 0 Å². The molecule has 0 saturated heterocycles. The summed E-state index contributed by atoms with van der Waals surface area (Å²) in [7, 11) is 0. The van der Waals surface area contributed by atoms with Crippen LogP contribution in [0.5, 0.6) is 0 Å². The molecule has 0 heterocycles. The predicted octanol–water partition coefficient (Wildman–Crippen LogP) is 4.35. The lowest BCUT2D eigenvalue weighted by Gasteiger charge is -2.15. The molecule has 130 valence electrons. The molecule has 0 saturated carbocycles. The fraction of sp³-hybridized carbons (Fsp3) is 0.889. The normalized spacial score (nSPS) is 13.6. The van der Waals surface area contributed by atoms with Crippen molar-refractivity contribution in [3.63, 3.8) is 0 Å². The Morgan fingerprint density at radius 3 is 1.91 bits per heavy atom. The van der Waals surface area contributed by atoms with E-state index in [9.17, 15) is 9.59 Å². The van der Waals surface area contributed by atoms with Gasteiger partial charge in [-0.25, -0.2) is 4.79 Å². The minimum atomic E-state index is -0.697. The van der Waals surface area contributed by atoms with Gasteiger partial charge >= 0.3 is 11.9 Å². The molecule has 0 amide bonds. The Kier molecular flexibility index (Phi) is 13.2. The first-order chi connectivity index (χ1) is 10.5. The standard InChI is InChI=1S/C18H35NO3/c1-4-6-7-8-9-10-11-12-13-14-16(20)22-18(21)17(19)15(3)5-2/h15,17H,4-14,19H2,1-3H3/t15-,17-/m1/s1. The Morgan fingerprint density at radius 2 is 1.41 bits per heavy atom. The number of nitrogens with two attached hydrogens (primary N) is 1. The first kappa shape index (κ1) is 21.1. The minimum Gasteiger partial charge on any atom is -0.392 e. The van der Waals surface area contributed by atoms with Gasteiger partial charge in [-0.3, -0.25) is 4.79 Å². The number of carbonyl (C=O) groups is 2. The highest BCUT2D eigenvalue weighted by Crippen LogP contribution is 2.11. The first-order valence-corrected chi connectivity index (χ1v) is 9.03. The van der Waals surface area contributed by atoms with Gasteiger partial charge in [0.05, 0.1) is 0 Å². The van der Waals surface area contributed by atoms with Crippen molar-refractivity contribution < 1.29 is 14.3 Å². The largest absolute Gasteiger partial charge is 0.392 e. The maximum atomic E-state index is 11.6. The van der Waals surface area contributed by atoms with E-state index in [2.05, 4.69) is 6.92 Å². The van der Waals surface area contributed by atoms with Gasteiger partial charge in [0.2, 0.25) is 0 Å². The van der Waals surface area contributed by atoms with E-state index in [1.807, 2.05) is 13.8 Å². The molecule has 0 aromatic carbocycles. The van der Waals surface area contributed by atoms with Crippen LogP contribution in [0.3, 0.4) is 0 Å². The molecular formula is C18H35NO3. The van der Waals surface area contributed by atoms with Crippen molar-refractivity contribution in [2.24, 2.45) is 11.7 Å². The Balaban J connectivity index is 3.56. The van der Waals surface area contributed by atoms with Gasteiger partial charge in [-0.15, -0.1) is 0 Å². The molecule has 0 fully saturated rings. The van der Waals surface area contributed by atoms with Gasteiger partial charge in [-0.2, -0.15) is 0 Å². The van der Waals surface area contributed by atoms with Gasteiger partial charge in [0, 0.05) is 6.42 Å². The summed E-state index contributed by atoms with van der Waals surface area (Å²) in [5.74, 6) is -0.991. The lowest BCUT2D eigenvalue weighted by Crippen LogP contribution is -2.39. The van der Waals surface area contributed by atoms with Gasteiger partial charge in [0.15, 0.2) is 0 Å². The highest BCUT2D eigenvalue weighted by molar-refractivity contribution is 5.88. The fourth-order valence-corrected chi connectivity index (χ4v) is 2.30. The molecule has 0 aliphatic carbocycles. The van der Waals surface area contributed by atoms with Crippen LogP contribution in [0.15, 0.2) is 0 Å². The Hall–Kier alpha value is -0.900. The number of esters is 2. The first-order valence-electron chi connectivity index (χ1n) is 9.03. The smallest absolute Gasteiger partial charge is 0.330 e. The zero-order valence-corrected chi connectivity index (χ0v) is 14.7. The highest BCUT2D eigenvalue weighted by atomic mass is 16.6. The van der Waals surface area contributed by atoms with Crippen LogP contribution in [0.25, 0.3) is 0 Å². The molecule has 22 heavy (non-hydrogen) atoms. The second-order valence-corrected chi connectivity index (χ2v) is 6.28. The van der Waals surface area contributed by atoms with Crippen LogP contribution < -0.4 is 5.73 Å². The average Bonchev–Trinajstić information content (AvgIpc) is 2.51. The molecule has 0 unspecified atom stereocenters. The molecule has 0 aliphatic heterocycles. The van der Waals surface area contributed by atoms with E-state index in [0.29, 0.717) is 6.42 Å². The summed E-state index contributed by atoms with van der Waals surface area (Å²) in [4.78, 5) is 23.2. The van der Waals surface area contributed by atoms with Crippen molar-refractivity contribution in [1.82, 2.24) is 0 Å². The van der Waals surface area contributed by atoms with Crippen LogP contribution >= 0.6 is 0 Å². The highest BCUT2D eigenvalue weighted by Gasteiger charge is 2.23. The number of hydrogen-bond donors (Lipinski definition) is 1. The van der Waals surface area contributed by atoms with E-state index in [-0.39, 0.29) is 5.92 Å². The van der Waals surface area contributed by atoms with Crippen molar-refractivity contribution in [2.75, 3.05) is 0 Å². The summed E-state index contributed by atoms with van der Waals surface area (Å²) >= 11 is 0. The molecule has 2 atom stereocenters. The SMILES string of the molecule is CCCCCCCCCCCC(=O)OC(=O)[C@H](N)[C@H](C)CC. The van der Waals surface area contributed by atoms with Crippen LogP contribution in [-0.4, -0.2) is 18.0 Å². The maximum absolute atomic E-state index is 11.6. The molecule has 0 bridgehead atoms. The number of hydrogen-bond acceptors (Lipinski definition) is 4. The summed E-state index contributed by atoms with van der Waals surface area (Å²) in [5, 5.41) is 0. The van der Waals surface area contributed by atoms with Crippen molar-refractivity contribution >= 4 is 11.9 Å². The monoisotopic (exact) mass is 313 g/mol. The van der Waals surface area contributed by atoms with Gasteiger partial charge < -0.3 is 10.5 Å². The summed E-state index contributed by atoms with van der Waals surface area (Å²) in [6.45, 7) is 6.07. The second-order valence-electron chi connectivity index (χ2n) is 6.28. The topological polar surface area (TPSA) is 69.4 Å². The average molecular weight is 313 g/mol. The summed E-state index contributed by atoms with van der Waals surface area (Å²) in [5.41, 5.74) is 5.74. The van der Waals surface area contributed by atoms with E-state index >= 15 is 0 Å². The zero-order valence-electron chi connectivity index (χ0n) is 14.7. The van der Waals surface area contributed by atoms with E-state index in [0.717, 1.165) is 25.7 Å². The van der Waals surface area contributed by atoms with Gasteiger partial charge in [0.25, 0.3) is 0 Å². The molecule has 0 aromatic rings. The third-order valence-electron chi connectivity index (χ3n) is 4.23. The van der Waals surface area contributed by atoms with Crippen molar-refractivity contribution in [1.29, 1.82) is 0 Å². The molecular weight excluding hydrogens is 278 g/mol. The summed E-state index contributed by atoms with van der Waals surface area (Å²) < 4.78 is 4.80. The minimum absolute atomic E-state index is 0.0352. The van der Waals surface area contributed by atoms with Gasteiger partial charge in [-0.1, -0.05) is 78.6 Å². The van der Waals surface area contributed by atoms with Crippen LogP contribution in [0, 0.1) is 5.92 Å². The molecule has 4 heteroatoms. The lowest BCUT2D eigenvalue weighted by atomic mass is 10.0. The molecule has 0 spiro atoms. The van der Waals surface area contributed by atoms with Crippen LogP contribution in [0.2, 0.25) is 0 Å². The third-order valence-corrected chi connectivity index (χ3v) is 4.23. The van der Waals surface area contributed by atoms with Crippen molar-refractivity contribution in [3.05, 3.63) is 0 Å². The van der Waals surface area contributed by atoms with E-state index in [1.54, 1.807) is 0 Å². The Bertz CT molecular complexity index is 305. The molecule has 0 aromatic heterocycles. The van der Waals surface area contributed by atoms with E-state index < -0.39 is 18.0 Å². The predicted molar refractivity (Wildman–Crippen MR) is 90.4 cm³/mol. The molecule has 0 radical (unpaired) electrons. The Labute approximate surface area is 136 Å². The Morgan fingerprint density at radius 1 is 0.909 bits per heavy atom. The number of ether oxygens (including phenoxy) is 1. The number of unbranched alkanes of at least 4 members (excludes halogenated alkanes) is 8. The fourth-order valence-electron chi connectivity index (χ4n) is 2.30. The number of carbonyl (C=O) groups excluding carboxylic acids is 2. The van der Waals surface area contributed by atoms with Gasteiger partial charge in [-0.05, 0) is 12.3 Å². The van der Waals surface area contributed by atoms with Crippen molar-refractivity contribution in [2.45, 2.75) is 97.4 Å². The van der Waals surface area contributed by atoms with Crippen LogP contribution in [-0.2, 0) is 14.3 Å². The van der Waals surface area contributed by atoms with Crippen LogP contribution in [0.1, 0.15) is 91.4 Å². The third kappa shape index (κ3) is 10.8. The van der Waals surface area contributed by atoms with E-state index in [4.69, 9.17) is 10.5 Å². The summed E-state index contributed by atoms with van der Waals surface area (Å²) in [6.07, 6.45) is 11.9. The zero-order chi connectivity index (χ0) is 16.8. The molecule has 2 N–H and O–H groups in total. The number of rotatable bonds is 13. The van der Waals surface area contributed by atoms with Crippen LogP contribution in [0.4, 0.5) is 0 Å². The quantitative estimate of drug-likeness (QED) is 0.312.